The van der Waals surface area contributed by atoms with Crippen LogP contribution in [-0.4, -0.2) is 23.7 Å². The number of nitrogens with zero attached hydrogens (tertiary/aromatic N) is 2. The van der Waals surface area contributed by atoms with Crippen LogP contribution in [0.2, 0.25) is 10.0 Å². The van der Waals surface area contributed by atoms with Gasteiger partial charge in [-0.1, -0.05) is 23.2 Å². The third-order valence-corrected chi connectivity index (χ3v) is 6.39. The Morgan fingerprint density at radius 2 is 1.78 bits per heavy atom. The van der Waals surface area contributed by atoms with Gasteiger partial charge in [-0.3, -0.25) is 9.52 Å². The van der Waals surface area contributed by atoms with E-state index in [0.717, 1.165) is 18.2 Å². The molecule has 0 unspecified atom stereocenters. The van der Waals surface area contributed by atoms with Crippen molar-refractivity contribution in [2.24, 2.45) is 0 Å². The second kappa shape index (κ2) is 8.78. The maximum absolute atomic E-state index is 13.3. The molecule has 0 spiro atoms. The minimum atomic E-state index is -3.97. The lowest BCUT2D eigenvalue weighted by Crippen LogP contribution is -2.23. The van der Waals surface area contributed by atoms with Crippen molar-refractivity contribution >= 4 is 50.5 Å². The van der Waals surface area contributed by atoms with E-state index in [4.69, 9.17) is 23.2 Å². The summed E-state index contributed by atoms with van der Waals surface area (Å²) in [5, 5.41) is 3.03. The minimum absolute atomic E-state index is 0.181. The van der Waals surface area contributed by atoms with Gasteiger partial charge in [0.05, 0.1) is 27.2 Å². The quantitative estimate of drug-likeness (QED) is 0.414. The summed E-state index contributed by atoms with van der Waals surface area (Å²) in [6.45, 7) is 0.206. The molecule has 4 aromatic rings. The average Bonchev–Trinajstić information content (AvgIpc) is 3.16. The SMILES string of the molecule is O=C(NCc1cn2cc(Cl)ccc2n1)c1ccc(NS(=O)(=O)c2ccc(F)c(Cl)c2)cc1. The molecular formula is C21H15Cl2FN4O3S. The van der Waals surface area contributed by atoms with Gasteiger partial charge in [0.2, 0.25) is 0 Å². The van der Waals surface area contributed by atoms with Gasteiger partial charge in [0, 0.05) is 23.6 Å². The number of halogens is 3. The third kappa shape index (κ3) is 4.85. The van der Waals surface area contributed by atoms with Crippen LogP contribution in [0.25, 0.3) is 5.65 Å². The molecule has 2 heterocycles. The van der Waals surface area contributed by atoms with Crippen molar-refractivity contribution in [3.05, 3.63) is 94.1 Å². The standard InChI is InChI=1S/C21H15Cl2FN4O3S/c22-14-3-8-20-26-16(12-28(20)11-14)10-25-21(29)13-1-4-15(5-2-13)27-32(30,31)17-6-7-19(24)18(23)9-17/h1-9,11-12,27H,10H2,(H,25,29). The Balaban J connectivity index is 1.41. The molecule has 0 aliphatic rings. The third-order valence-electron chi connectivity index (χ3n) is 4.50. The molecule has 0 saturated carbocycles. The lowest BCUT2D eigenvalue weighted by Gasteiger charge is -2.09. The van der Waals surface area contributed by atoms with E-state index >= 15 is 0 Å². The zero-order chi connectivity index (χ0) is 22.9. The highest BCUT2D eigenvalue weighted by molar-refractivity contribution is 7.92. The molecule has 7 nitrogen and oxygen atoms in total. The highest BCUT2D eigenvalue weighted by Gasteiger charge is 2.16. The Bertz CT molecular complexity index is 1420. The first-order chi connectivity index (χ1) is 15.2. The number of hydrogen-bond donors (Lipinski definition) is 2. The summed E-state index contributed by atoms with van der Waals surface area (Å²) in [5.74, 6) is -1.06. The molecule has 0 aliphatic carbocycles. The van der Waals surface area contributed by atoms with Crippen LogP contribution < -0.4 is 10.0 Å². The van der Waals surface area contributed by atoms with Gasteiger partial charge in [-0.05, 0) is 54.6 Å². The molecule has 11 heteroatoms. The van der Waals surface area contributed by atoms with Crippen LogP contribution in [0, 0.1) is 5.82 Å². The van der Waals surface area contributed by atoms with Gasteiger partial charge in [0.15, 0.2) is 0 Å². The average molecular weight is 493 g/mol. The fourth-order valence-electron chi connectivity index (χ4n) is 2.92. The monoisotopic (exact) mass is 492 g/mol. The smallest absolute Gasteiger partial charge is 0.261 e. The van der Waals surface area contributed by atoms with Crippen LogP contribution in [-0.2, 0) is 16.6 Å². The van der Waals surface area contributed by atoms with E-state index in [-0.39, 0.29) is 28.1 Å². The largest absolute Gasteiger partial charge is 0.346 e. The summed E-state index contributed by atoms with van der Waals surface area (Å²) in [5.41, 5.74) is 1.93. The number of aromatic nitrogens is 2. The first kappa shape index (κ1) is 22.1. The molecular weight excluding hydrogens is 478 g/mol. The Morgan fingerprint density at radius 1 is 1.03 bits per heavy atom. The first-order valence-electron chi connectivity index (χ1n) is 9.20. The summed E-state index contributed by atoms with van der Waals surface area (Å²) in [6, 6.07) is 12.5. The molecule has 2 N–H and O–H groups in total. The highest BCUT2D eigenvalue weighted by atomic mass is 35.5. The number of hydrogen-bond acceptors (Lipinski definition) is 4. The van der Waals surface area contributed by atoms with E-state index < -0.39 is 15.8 Å². The van der Waals surface area contributed by atoms with Gasteiger partial charge in [0.25, 0.3) is 15.9 Å². The van der Waals surface area contributed by atoms with Crippen molar-refractivity contribution in [1.29, 1.82) is 0 Å². The lowest BCUT2D eigenvalue weighted by molar-refractivity contribution is 0.0950. The highest BCUT2D eigenvalue weighted by Crippen LogP contribution is 2.22. The van der Waals surface area contributed by atoms with Crippen LogP contribution in [0.15, 0.2) is 71.9 Å². The van der Waals surface area contributed by atoms with Crippen LogP contribution in [0.3, 0.4) is 0 Å². The van der Waals surface area contributed by atoms with Gasteiger partial charge in [-0.15, -0.1) is 0 Å². The molecule has 0 bridgehead atoms. The molecule has 0 fully saturated rings. The normalized spacial score (nSPS) is 11.5. The number of carbonyl (C=O) groups is 1. The van der Waals surface area contributed by atoms with E-state index in [1.165, 1.54) is 24.3 Å². The fraction of sp³-hybridized carbons (Fsp3) is 0.0476. The van der Waals surface area contributed by atoms with Gasteiger partial charge < -0.3 is 9.72 Å². The van der Waals surface area contributed by atoms with Gasteiger partial charge in [0.1, 0.15) is 11.5 Å². The number of fused-ring (bicyclic) bond motifs is 1. The van der Waals surface area contributed by atoms with Crippen LogP contribution in [0.4, 0.5) is 10.1 Å². The second-order valence-electron chi connectivity index (χ2n) is 6.79. The Morgan fingerprint density at radius 3 is 2.50 bits per heavy atom. The Kier molecular flexibility index (Phi) is 6.05. The van der Waals surface area contributed by atoms with Crippen molar-refractivity contribution in [3.63, 3.8) is 0 Å². The maximum atomic E-state index is 13.3. The molecule has 0 saturated heterocycles. The van der Waals surface area contributed by atoms with Crippen molar-refractivity contribution < 1.29 is 17.6 Å². The van der Waals surface area contributed by atoms with Gasteiger partial charge >= 0.3 is 0 Å². The molecule has 2 aromatic carbocycles. The van der Waals surface area contributed by atoms with E-state index in [2.05, 4.69) is 15.0 Å². The molecule has 0 aliphatic heterocycles. The predicted octanol–water partition coefficient (Wildman–Crippen LogP) is 4.51. The number of amides is 1. The summed E-state index contributed by atoms with van der Waals surface area (Å²) in [7, 11) is -3.97. The maximum Gasteiger partial charge on any atom is 0.261 e. The predicted molar refractivity (Wildman–Crippen MR) is 120 cm³/mol. The van der Waals surface area contributed by atoms with Crippen molar-refractivity contribution in [2.45, 2.75) is 11.4 Å². The van der Waals surface area contributed by atoms with E-state index in [9.17, 15) is 17.6 Å². The number of imidazole rings is 1. The number of nitrogens with one attached hydrogen (secondary N) is 2. The van der Waals surface area contributed by atoms with Crippen LogP contribution >= 0.6 is 23.2 Å². The summed E-state index contributed by atoms with van der Waals surface area (Å²) in [6.07, 6.45) is 3.48. The molecule has 1 amide bonds. The Labute approximate surface area is 192 Å². The van der Waals surface area contributed by atoms with E-state index in [1.54, 1.807) is 28.9 Å². The zero-order valence-electron chi connectivity index (χ0n) is 16.2. The summed E-state index contributed by atoms with van der Waals surface area (Å²) < 4.78 is 42.3. The lowest BCUT2D eigenvalue weighted by atomic mass is 10.2. The number of anilines is 1. The topological polar surface area (TPSA) is 92.6 Å². The Hall–Kier alpha value is -3.14. The number of benzene rings is 2. The van der Waals surface area contributed by atoms with Crippen LogP contribution in [0.5, 0.6) is 0 Å². The number of rotatable bonds is 6. The molecule has 0 radical (unpaired) electrons. The van der Waals surface area contributed by atoms with E-state index in [0.29, 0.717) is 21.9 Å². The van der Waals surface area contributed by atoms with Crippen molar-refractivity contribution in [2.75, 3.05) is 4.72 Å². The van der Waals surface area contributed by atoms with Crippen molar-refractivity contribution in [3.8, 4) is 0 Å². The molecule has 32 heavy (non-hydrogen) atoms. The fourth-order valence-corrected chi connectivity index (χ4v) is 4.42. The molecule has 0 atom stereocenters. The molecule has 2 aromatic heterocycles. The zero-order valence-corrected chi connectivity index (χ0v) is 18.5. The molecule has 4 rings (SSSR count). The number of sulfonamides is 1. The number of carbonyl (C=O) groups excluding carboxylic acids is 1. The van der Waals surface area contributed by atoms with Crippen LogP contribution in [0.1, 0.15) is 16.1 Å². The van der Waals surface area contributed by atoms with E-state index in [1.807, 2.05) is 0 Å². The summed E-state index contributed by atoms with van der Waals surface area (Å²) >= 11 is 11.6. The van der Waals surface area contributed by atoms with Gasteiger partial charge in [-0.2, -0.15) is 0 Å². The minimum Gasteiger partial charge on any atom is -0.346 e. The van der Waals surface area contributed by atoms with Crippen molar-refractivity contribution in [1.82, 2.24) is 14.7 Å². The second-order valence-corrected chi connectivity index (χ2v) is 9.31. The summed E-state index contributed by atoms with van der Waals surface area (Å²) in [4.78, 5) is 16.6. The number of pyridine rings is 1. The molecule has 164 valence electrons. The first-order valence-corrected chi connectivity index (χ1v) is 11.4. The van der Waals surface area contributed by atoms with Gasteiger partial charge in [-0.25, -0.2) is 17.8 Å².